The smallest absolute Gasteiger partial charge is 0.270 e. The molecule has 2 aromatic carbocycles. The number of nitro groups is 1. The molecule has 0 fully saturated rings. The fourth-order valence-electron chi connectivity index (χ4n) is 2.85. The Kier molecular flexibility index (Phi) is 3.16. The third-order valence-corrected chi connectivity index (χ3v) is 4.06. The van der Waals surface area contributed by atoms with Crippen molar-refractivity contribution in [3.63, 3.8) is 0 Å². The number of benzene rings is 2. The van der Waals surface area contributed by atoms with Gasteiger partial charge in [0.05, 0.1) is 16.3 Å². The van der Waals surface area contributed by atoms with Gasteiger partial charge in [0.15, 0.2) is 0 Å². The molecule has 0 N–H and O–H groups in total. The van der Waals surface area contributed by atoms with Crippen LogP contribution >= 0.6 is 0 Å². The van der Waals surface area contributed by atoms with Gasteiger partial charge in [-0.2, -0.15) is 0 Å². The monoisotopic (exact) mass is 318 g/mol. The van der Waals surface area contributed by atoms with Gasteiger partial charge in [0.1, 0.15) is 0 Å². The summed E-state index contributed by atoms with van der Waals surface area (Å²) in [4.78, 5) is 15.3. The second-order valence-corrected chi connectivity index (χ2v) is 5.58. The van der Waals surface area contributed by atoms with Crippen molar-refractivity contribution in [3.05, 3.63) is 77.1 Å². The average Bonchev–Trinajstić information content (AvgIpc) is 3.16. The fraction of sp³-hybridized carbons (Fsp3) is 0.0556. The Labute approximate surface area is 137 Å². The standard InChI is InChI=1S/C18H14N4O2/c1-20-17(14-8-5-9-15(10-14)22(23)24)12-21-11-16(19-18(20)21)13-6-3-2-4-7-13/h2-12H,1H3. The summed E-state index contributed by atoms with van der Waals surface area (Å²) in [5.74, 6) is 0.787. The fourth-order valence-corrected chi connectivity index (χ4v) is 2.85. The molecule has 2 aromatic heterocycles. The summed E-state index contributed by atoms with van der Waals surface area (Å²) in [5, 5.41) is 11.0. The zero-order valence-corrected chi connectivity index (χ0v) is 13.0. The first-order valence-electron chi connectivity index (χ1n) is 7.48. The lowest BCUT2D eigenvalue weighted by atomic mass is 10.1. The zero-order chi connectivity index (χ0) is 16.7. The average molecular weight is 318 g/mol. The highest BCUT2D eigenvalue weighted by Crippen LogP contribution is 2.27. The molecule has 0 saturated carbocycles. The molecule has 0 aliphatic heterocycles. The van der Waals surface area contributed by atoms with E-state index >= 15 is 0 Å². The Hall–Kier alpha value is -3.41. The molecule has 4 aromatic rings. The van der Waals surface area contributed by atoms with Crippen molar-refractivity contribution in [1.29, 1.82) is 0 Å². The zero-order valence-electron chi connectivity index (χ0n) is 13.0. The largest absolute Gasteiger partial charge is 0.313 e. The van der Waals surface area contributed by atoms with Gasteiger partial charge in [0.25, 0.3) is 5.69 Å². The van der Waals surface area contributed by atoms with Crippen molar-refractivity contribution in [2.75, 3.05) is 0 Å². The van der Waals surface area contributed by atoms with Gasteiger partial charge in [-0.15, -0.1) is 0 Å². The van der Waals surface area contributed by atoms with Crippen LogP contribution in [0.25, 0.3) is 28.3 Å². The molecule has 6 nitrogen and oxygen atoms in total. The number of nitrogens with zero attached hydrogens (tertiary/aromatic N) is 4. The number of hydrogen-bond acceptors (Lipinski definition) is 3. The summed E-state index contributed by atoms with van der Waals surface area (Å²) in [5.41, 5.74) is 3.69. The summed E-state index contributed by atoms with van der Waals surface area (Å²) in [6.45, 7) is 0. The SMILES string of the molecule is Cn1c(-c2cccc([N+](=O)[O-])c2)cn2cc(-c3ccccc3)nc12. The maximum atomic E-state index is 11.0. The molecule has 0 aliphatic rings. The molecule has 0 aliphatic carbocycles. The van der Waals surface area contributed by atoms with Crippen LogP contribution in [0.1, 0.15) is 0 Å². The molecular formula is C18H14N4O2. The quantitative estimate of drug-likeness (QED) is 0.425. The van der Waals surface area contributed by atoms with Crippen molar-refractivity contribution >= 4 is 11.5 Å². The number of nitro benzene ring substituents is 1. The summed E-state index contributed by atoms with van der Waals surface area (Å²) in [6.07, 6.45) is 3.90. The van der Waals surface area contributed by atoms with Crippen LogP contribution in [-0.4, -0.2) is 18.9 Å². The van der Waals surface area contributed by atoms with Gasteiger partial charge in [-0.05, 0) is 0 Å². The van der Waals surface area contributed by atoms with Crippen LogP contribution < -0.4 is 0 Å². The van der Waals surface area contributed by atoms with Crippen molar-refractivity contribution in [1.82, 2.24) is 14.0 Å². The molecule has 6 heteroatoms. The molecule has 2 heterocycles. The Morgan fingerprint density at radius 1 is 1.00 bits per heavy atom. The lowest BCUT2D eigenvalue weighted by Crippen LogP contribution is -1.94. The number of imidazole rings is 2. The molecule has 24 heavy (non-hydrogen) atoms. The van der Waals surface area contributed by atoms with Crippen LogP contribution in [0, 0.1) is 10.1 Å². The minimum absolute atomic E-state index is 0.0799. The number of fused-ring (bicyclic) bond motifs is 1. The molecule has 0 atom stereocenters. The number of aryl methyl sites for hydroxylation is 1. The normalized spacial score (nSPS) is 11.0. The van der Waals surface area contributed by atoms with Gasteiger partial charge in [-0.1, -0.05) is 42.5 Å². The van der Waals surface area contributed by atoms with Crippen LogP contribution in [0.3, 0.4) is 0 Å². The molecule has 4 rings (SSSR count). The van der Waals surface area contributed by atoms with Crippen LogP contribution in [0.5, 0.6) is 0 Å². The molecule has 118 valence electrons. The Balaban J connectivity index is 1.81. The maximum absolute atomic E-state index is 11.0. The van der Waals surface area contributed by atoms with Gasteiger partial charge in [-0.25, -0.2) is 4.98 Å². The Bertz CT molecular complexity index is 1050. The molecular weight excluding hydrogens is 304 g/mol. The molecule has 0 bridgehead atoms. The van der Waals surface area contributed by atoms with E-state index in [-0.39, 0.29) is 10.6 Å². The number of rotatable bonds is 3. The number of non-ortho nitro benzene ring substituents is 1. The van der Waals surface area contributed by atoms with E-state index < -0.39 is 0 Å². The summed E-state index contributed by atoms with van der Waals surface area (Å²) in [7, 11) is 1.91. The predicted molar refractivity (Wildman–Crippen MR) is 91.7 cm³/mol. The van der Waals surface area contributed by atoms with Crippen LogP contribution in [-0.2, 0) is 7.05 Å². The van der Waals surface area contributed by atoms with Crippen molar-refractivity contribution in [2.24, 2.45) is 7.05 Å². The van der Waals surface area contributed by atoms with Crippen LogP contribution in [0.2, 0.25) is 0 Å². The Morgan fingerprint density at radius 3 is 2.46 bits per heavy atom. The first kappa shape index (κ1) is 14.2. The van der Waals surface area contributed by atoms with E-state index in [4.69, 9.17) is 0 Å². The molecule has 0 spiro atoms. The first-order chi connectivity index (χ1) is 11.6. The predicted octanol–water partition coefficient (Wildman–Crippen LogP) is 3.92. The third-order valence-electron chi connectivity index (χ3n) is 4.06. The summed E-state index contributed by atoms with van der Waals surface area (Å²) in [6, 6.07) is 16.6. The number of hydrogen-bond donors (Lipinski definition) is 0. The van der Waals surface area contributed by atoms with E-state index in [9.17, 15) is 10.1 Å². The van der Waals surface area contributed by atoms with Gasteiger partial charge in [-0.3, -0.25) is 14.5 Å². The van der Waals surface area contributed by atoms with Gasteiger partial charge in [0, 0.05) is 42.7 Å². The van der Waals surface area contributed by atoms with Crippen molar-refractivity contribution in [2.45, 2.75) is 0 Å². The second-order valence-electron chi connectivity index (χ2n) is 5.58. The summed E-state index contributed by atoms with van der Waals surface area (Å²) >= 11 is 0. The molecule has 0 amide bonds. The van der Waals surface area contributed by atoms with Gasteiger partial charge in [0.2, 0.25) is 5.78 Å². The Morgan fingerprint density at radius 2 is 1.75 bits per heavy atom. The topological polar surface area (TPSA) is 65.4 Å². The highest BCUT2D eigenvalue weighted by Gasteiger charge is 2.14. The van der Waals surface area contributed by atoms with E-state index in [0.29, 0.717) is 0 Å². The second kappa shape index (κ2) is 5.34. The lowest BCUT2D eigenvalue weighted by molar-refractivity contribution is -0.384. The van der Waals surface area contributed by atoms with E-state index in [1.807, 2.05) is 64.8 Å². The third kappa shape index (κ3) is 2.25. The first-order valence-corrected chi connectivity index (χ1v) is 7.48. The number of aromatic nitrogens is 3. The van der Waals surface area contributed by atoms with E-state index in [1.54, 1.807) is 12.1 Å². The highest BCUT2D eigenvalue weighted by atomic mass is 16.6. The highest BCUT2D eigenvalue weighted by molar-refractivity contribution is 5.68. The van der Waals surface area contributed by atoms with Crippen molar-refractivity contribution < 1.29 is 4.92 Å². The summed E-state index contributed by atoms with van der Waals surface area (Å²) < 4.78 is 3.88. The lowest BCUT2D eigenvalue weighted by Gasteiger charge is -2.02. The van der Waals surface area contributed by atoms with E-state index in [2.05, 4.69) is 4.98 Å². The van der Waals surface area contributed by atoms with Gasteiger partial charge >= 0.3 is 0 Å². The van der Waals surface area contributed by atoms with Crippen LogP contribution in [0.4, 0.5) is 5.69 Å². The minimum Gasteiger partial charge on any atom is -0.313 e. The van der Waals surface area contributed by atoms with E-state index in [1.165, 1.54) is 6.07 Å². The molecule has 0 unspecified atom stereocenters. The van der Waals surface area contributed by atoms with Crippen LogP contribution in [0.15, 0.2) is 67.0 Å². The van der Waals surface area contributed by atoms with Crippen molar-refractivity contribution in [3.8, 4) is 22.5 Å². The molecule has 0 saturated heterocycles. The maximum Gasteiger partial charge on any atom is 0.270 e. The molecule has 0 radical (unpaired) electrons. The van der Waals surface area contributed by atoms with Gasteiger partial charge < -0.3 is 4.57 Å². The van der Waals surface area contributed by atoms with E-state index in [0.717, 1.165) is 28.3 Å². The minimum atomic E-state index is -0.384.